The second-order valence-electron chi connectivity index (χ2n) is 9.42. The van der Waals surface area contributed by atoms with Gasteiger partial charge in [-0.25, -0.2) is 14.6 Å². The van der Waals surface area contributed by atoms with E-state index in [0.717, 1.165) is 85.9 Å². The van der Waals surface area contributed by atoms with Crippen molar-refractivity contribution in [3.63, 3.8) is 0 Å². The molecule has 7 nitrogen and oxygen atoms in total. The maximum absolute atomic E-state index is 12.7. The van der Waals surface area contributed by atoms with E-state index < -0.39 is 0 Å². The van der Waals surface area contributed by atoms with Gasteiger partial charge < -0.3 is 9.80 Å². The van der Waals surface area contributed by atoms with E-state index in [0.29, 0.717) is 12.3 Å². The average molecular weight is 449 g/mol. The van der Waals surface area contributed by atoms with Crippen LogP contribution in [-0.2, 0) is 11.2 Å². The molecule has 1 saturated heterocycles. The molecule has 0 N–H and O–H groups in total. The molecule has 0 bridgehead atoms. The third-order valence-electron chi connectivity index (χ3n) is 6.22. The van der Waals surface area contributed by atoms with E-state index >= 15 is 0 Å². The minimum atomic E-state index is 0.261. The van der Waals surface area contributed by atoms with Crippen LogP contribution in [0.2, 0.25) is 0 Å². The van der Waals surface area contributed by atoms with Gasteiger partial charge in [-0.1, -0.05) is 45.4 Å². The van der Waals surface area contributed by atoms with Crippen molar-refractivity contribution in [3.05, 3.63) is 41.9 Å². The lowest BCUT2D eigenvalue weighted by Crippen LogP contribution is -2.36. The van der Waals surface area contributed by atoms with Crippen molar-refractivity contribution in [2.75, 3.05) is 31.1 Å². The van der Waals surface area contributed by atoms with Gasteiger partial charge in [0.1, 0.15) is 11.6 Å². The maximum atomic E-state index is 12.7. The van der Waals surface area contributed by atoms with Gasteiger partial charge in [0.05, 0.1) is 16.8 Å². The Hall–Kier alpha value is -2.96. The zero-order valence-electron chi connectivity index (χ0n) is 20.4. The highest BCUT2D eigenvalue weighted by atomic mass is 16.2. The monoisotopic (exact) mass is 448 g/mol. The van der Waals surface area contributed by atoms with E-state index in [1.165, 1.54) is 0 Å². The van der Waals surface area contributed by atoms with Gasteiger partial charge in [-0.2, -0.15) is 5.10 Å². The molecule has 7 heteroatoms. The molecule has 0 aliphatic carbocycles. The van der Waals surface area contributed by atoms with Crippen molar-refractivity contribution < 1.29 is 4.79 Å². The van der Waals surface area contributed by atoms with Crippen LogP contribution in [0.25, 0.3) is 16.7 Å². The Labute approximate surface area is 196 Å². The molecule has 1 aliphatic heterocycles. The Morgan fingerprint density at radius 2 is 1.85 bits per heavy atom. The van der Waals surface area contributed by atoms with Gasteiger partial charge in [0, 0.05) is 39.0 Å². The Bertz CT molecular complexity index is 1090. The summed E-state index contributed by atoms with van der Waals surface area (Å²) < 4.78 is 1.95. The molecule has 3 heterocycles. The third-order valence-corrected chi connectivity index (χ3v) is 6.22. The highest BCUT2D eigenvalue weighted by Gasteiger charge is 2.25. The van der Waals surface area contributed by atoms with E-state index in [1.807, 2.05) is 34.7 Å². The molecule has 4 rings (SSSR count). The molecule has 1 fully saturated rings. The number of rotatable bonds is 7. The number of para-hydroxylation sites is 1. The van der Waals surface area contributed by atoms with Gasteiger partial charge in [-0.15, -0.1) is 0 Å². The van der Waals surface area contributed by atoms with Crippen LogP contribution in [-0.4, -0.2) is 56.7 Å². The molecule has 0 spiro atoms. The molecule has 33 heavy (non-hydrogen) atoms. The van der Waals surface area contributed by atoms with Crippen molar-refractivity contribution >= 4 is 22.8 Å². The number of carbonyl (C=O) groups excluding carboxylic acids is 1. The quantitative estimate of drug-likeness (QED) is 0.530. The first-order chi connectivity index (χ1) is 16.0. The van der Waals surface area contributed by atoms with E-state index in [1.54, 1.807) is 0 Å². The summed E-state index contributed by atoms with van der Waals surface area (Å²) in [5, 5.41) is 5.87. The highest BCUT2D eigenvalue weighted by molar-refractivity contribution is 5.91. The second kappa shape index (κ2) is 10.3. The number of carbonyl (C=O) groups is 1. The largest absolute Gasteiger partial charge is 0.354 e. The fraction of sp³-hybridized carbons (Fsp3) is 0.538. The molecule has 0 atom stereocenters. The number of benzene rings is 1. The summed E-state index contributed by atoms with van der Waals surface area (Å²) in [4.78, 5) is 27.0. The minimum Gasteiger partial charge on any atom is -0.354 e. The number of nitrogens with zero attached hydrogens (tertiary/aromatic N) is 6. The smallest absolute Gasteiger partial charge is 0.222 e. The zero-order chi connectivity index (χ0) is 23.4. The number of amides is 1. The average Bonchev–Trinajstić information content (AvgIpc) is 2.98. The van der Waals surface area contributed by atoms with E-state index in [4.69, 9.17) is 15.1 Å². The summed E-state index contributed by atoms with van der Waals surface area (Å²) in [5.41, 5.74) is 2.80. The summed E-state index contributed by atoms with van der Waals surface area (Å²) in [6, 6.07) is 10.2. The summed E-state index contributed by atoms with van der Waals surface area (Å²) in [7, 11) is 0. The second-order valence-corrected chi connectivity index (χ2v) is 9.42. The molecule has 176 valence electrons. The van der Waals surface area contributed by atoms with E-state index in [2.05, 4.69) is 37.8 Å². The Morgan fingerprint density at radius 3 is 2.58 bits per heavy atom. The predicted octanol–water partition coefficient (Wildman–Crippen LogP) is 4.55. The number of aromatic nitrogens is 4. The first-order valence-electron chi connectivity index (χ1n) is 12.3. The fourth-order valence-electron chi connectivity index (χ4n) is 4.49. The topological polar surface area (TPSA) is 67.2 Å². The van der Waals surface area contributed by atoms with Gasteiger partial charge in [-0.05, 0) is 37.8 Å². The van der Waals surface area contributed by atoms with Crippen LogP contribution in [0.15, 0.2) is 30.3 Å². The lowest BCUT2D eigenvalue weighted by molar-refractivity contribution is -0.131. The molecule has 0 unspecified atom stereocenters. The molecule has 2 aromatic heterocycles. The number of anilines is 1. The van der Waals surface area contributed by atoms with Crippen LogP contribution in [0.1, 0.15) is 58.0 Å². The van der Waals surface area contributed by atoms with Crippen LogP contribution >= 0.6 is 0 Å². The van der Waals surface area contributed by atoms with Crippen LogP contribution in [0.4, 0.5) is 5.82 Å². The SMILES string of the molecule is CCCCc1nc(N2CCCN(C(=O)CC(C)C)CC2)c2c(C)nn(-c3ccccc3)c2n1. The van der Waals surface area contributed by atoms with Crippen LogP contribution in [0, 0.1) is 12.8 Å². The number of hydrogen-bond donors (Lipinski definition) is 0. The number of hydrogen-bond acceptors (Lipinski definition) is 5. The lowest BCUT2D eigenvalue weighted by atomic mass is 10.1. The number of aryl methyl sites for hydroxylation is 2. The number of fused-ring (bicyclic) bond motifs is 1. The summed E-state index contributed by atoms with van der Waals surface area (Å²) in [6.07, 6.45) is 4.56. The van der Waals surface area contributed by atoms with Crippen molar-refractivity contribution in [2.45, 2.75) is 59.8 Å². The molecule has 3 aromatic rings. The predicted molar refractivity (Wildman–Crippen MR) is 133 cm³/mol. The highest BCUT2D eigenvalue weighted by Crippen LogP contribution is 2.30. The van der Waals surface area contributed by atoms with Gasteiger partial charge in [0.25, 0.3) is 0 Å². The van der Waals surface area contributed by atoms with E-state index in [9.17, 15) is 4.79 Å². The first-order valence-corrected chi connectivity index (χ1v) is 12.3. The van der Waals surface area contributed by atoms with Crippen molar-refractivity contribution in [2.24, 2.45) is 5.92 Å². The Morgan fingerprint density at radius 1 is 1.06 bits per heavy atom. The van der Waals surface area contributed by atoms with Crippen LogP contribution in [0.3, 0.4) is 0 Å². The maximum Gasteiger partial charge on any atom is 0.222 e. The molecular weight excluding hydrogens is 412 g/mol. The Balaban J connectivity index is 1.72. The molecule has 1 aliphatic rings. The standard InChI is InChI=1S/C26H36N6O/c1-5-6-13-22-27-25(31-15-10-14-30(16-17-31)23(33)18-19(2)3)24-20(4)29-32(26(24)28-22)21-11-8-7-9-12-21/h7-9,11-12,19H,5-6,10,13-18H2,1-4H3. The Kier molecular flexibility index (Phi) is 7.26. The van der Waals surface area contributed by atoms with Crippen molar-refractivity contribution in [1.29, 1.82) is 0 Å². The molecule has 0 saturated carbocycles. The normalized spacial score (nSPS) is 14.8. The van der Waals surface area contributed by atoms with Gasteiger partial charge in [0.15, 0.2) is 5.65 Å². The summed E-state index contributed by atoms with van der Waals surface area (Å²) >= 11 is 0. The molecule has 1 aromatic carbocycles. The molecular formula is C26H36N6O. The molecule has 0 radical (unpaired) electrons. The fourth-order valence-corrected chi connectivity index (χ4v) is 4.49. The van der Waals surface area contributed by atoms with Gasteiger partial charge in [-0.3, -0.25) is 4.79 Å². The number of unbranched alkanes of at least 4 members (excludes halogenated alkanes) is 1. The zero-order valence-corrected chi connectivity index (χ0v) is 20.4. The first kappa shape index (κ1) is 23.2. The van der Waals surface area contributed by atoms with E-state index in [-0.39, 0.29) is 5.91 Å². The third kappa shape index (κ3) is 5.18. The van der Waals surface area contributed by atoms with Crippen molar-refractivity contribution in [1.82, 2.24) is 24.6 Å². The van der Waals surface area contributed by atoms with Crippen LogP contribution in [0.5, 0.6) is 0 Å². The van der Waals surface area contributed by atoms with Gasteiger partial charge in [0.2, 0.25) is 5.91 Å². The lowest BCUT2D eigenvalue weighted by Gasteiger charge is -2.24. The summed E-state index contributed by atoms with van der Waals surface area (Å²) in [5.74, 6) is 2.47. The van der Waals surface area contributed by atoms with Gasteiger partial charge >= 0.3 is 0 Å². The van der Waals surface area contributed by atoms with Crippen molar-refractivity contribution in [3.8, 4) is 5.69 Å². The minimum absolute atomic E-state index is 0.261. The summed E-state index contributed by atoms with van der Waals surface area (Å²) in [6.45, 7) is 11.6. The van der Waals surface area contributed by atoms with Crippen LogP contribution < -0.4 is 4.90 Å². The molecule has 1 amide bonds.